The molecule has 86 valence electrons. The molecule has 0 radical (unpaired) electrons. The van der Waals surface area contributed by atoms with E-state index in [1.807, 2.05) is 31.0 Å². The Hall–Kier alpha value is -1.26. The van der Waals surface area contributed by atoms with E-state index in [0.29, 0.717) is 5.02 Å². The highest BCUT2D eigenvalue weighted by atomic mass is 35.5. The number of benzene rings is 1. The van der Waals surface area contributed by atoms with Crippen molar-refractivity contribution in [2.45, 2.75) is 13.0 Å². The minimum Gasteiger partial charge on any atom is -0.360 e. The molecule has 4 nitrogen and oxygen atoms in total. The van der Waals surface area contributed by atoms with Gasteiger partial charge in [0, 0.05) is 18.6 Å². The third-order valence-electron chi connectivity index (χ3n) is 2.90. The number of fused-ring (bicyclic) bond motifs is 1. The molecular weight excluding hydrogens is 226 g/mol. The first kappa shape index (κ1) is 11.2. The lowest BCUT2D eigenvalue weighted by molar-refractivity contribution is -0.117. The summed E-state index contributed by atoms with van der Waals surface area (Å²) in [5.41, 5.74) is 8.28. The molecule has 1 aliphatic rings. The quantitative estimate of drug-likeness (QED) is 0.778. The van der Waals surface area contributed by atoms with Gasteiger partial charge in [-0.3, -0.25) is 4.79 Å². The van der Waals surface area contributed by atoms with Crippen molar-refractivity contribution in [1.29, 1.82) is 0 Å². The summed E-state index contributed by atoms with van der Waals surface area (Å²) < 4.78 is 0. The summed E-state index contributed by atoms with van der Waals surface area (Å²) in [5, 5.41) is 3.53. The highest BCUT2D eigenvalue weighted by Gasteiger charge is 2.30. The lowest BCUT2D eigenvalue weighted by Gasteiger charge is -2.35. The van der Waals surface area contributed by atoms with E-state index in [2.05, 4.69) is 5.32 Å². The summed E-state index contributed by atoms with van der Waals surface area (Å²) in [5.74, 6) is -0.0667. The fourth-order valence-corrected chi connectivity index (χ4v) is 2.25. The van der Waals surface area contributed by atoms with Gasteiger partial charge in [-0.05, 0) is 24.6 Å². The van der Waals surface area contributed by atoms with Crippen LogP contribution in [0.25, 0.3) is 0 Å². The van der Waals surface area contributed by atoms with Crippen LogP contribution in [-0.4, -0.2) is 25.5 Å². The standard InChI is InChI=1S/C11H14ClN3O/c1-6-3-7(12)4-8-10(6)14-11(16)9(5-13)15(8)2/h3-4,9H,5,13H2,1-2H3,(H,14,16). The monoisotopic (exact) mass is 239 g/mol. The molecule has 1 aromatic rings. The molecule has 5 heteroatoms. The van der Waals surface area contributed by atoms with Crippen LogP contribution in [0.15, 0.2) is 12.1 Å². The molecule has 1 amide bonds. The third kappa shape index (κ3) is 1.64. The van der Waals surface area contributed by atoms with Crippen molar-refractivity contribution in [3.63, 3.8) is 0 Å². The van der Waals surface area contributed by atoms with E-state index in [0.717, 1.165) is 16.9 Å². The van der Waals surface area contributed by atoms with E-state index in [4.69, 9.17) is 17.3 Å². The maximum atomic E-state index is 11.8. The van der Waals surface area contributed by atoms with E-state index < -0.39 is 0 Å². The lowest BCUT2D eigenvalue weighted by Crippen LogP contribution is -2.50. The highest BCUT2D eigenvalue weighted by Crippen LogP contribution is 2.36. The summed E-state index contributed by atoms with van der Waals surface area (Å²) in [6.07, 6.45) is 0. The number of aryl methyl sites for hydroxylation is 1. The average molecular weight is 240 g/mol. The van der Waals surface area contributed by atoms with E-state index >= 15 is 0 Å². The number of nitrogens with two attached hydrogens (primary N) is 1. The molecule has 0 bridgehead atoms. The normalized spacial score (nSPS) is 19.4. The number of nitrogens with one attached hydrogen (secondary N) is 1. The van der Waals surface area contributed by atoms with Crippen LogP contribution in [0.3, 0.4) is 0 Å². The molecule has 1 heterocycles. The van der Waals surface area contributed by atoms with Crippen molar-refractivity contribution >= 4 is 28.9 Å². The Bertz CT molecular complexity index is 447. The maximum Gasteiger partial charge on any atom is 0.248 e. The largest absolute Gasteiger partial charge is 0.360 e. The first-order valence-corrected chi connectivity index (χ1v) is 5.46. The smallest absolute Gasteiger partial charge is 0.248 e. The Morgan fingerprint density at radius 2 is 2.25 bits per heavy atom. The van der Waals surface area contributed by atoms with Crippen LogP contribution in [0.4, 0.5) is 11.4 Å². The molecule has 16 heavy (non-hydrogen) atoms. The molecule has 0 spiro atoms. The van der Waals surface area contributed by atoms with Gasteiger partial charge in [0.15, 0.2) is 0 Å². The second-order valence-electron chi connectivity index (χ2n) is 3.97. The van der Waals surface area contributed by atoms with E-state index in [1.165, 1.54) is 0 Å². The summed E-state index contributed by atoms with van der Waals surface area (Å²) in [6, 6.07) is 3.34. The van der Waals surface area contributed by atoms with Crippen LogP contribution in [0.5, 0.6) is 0 Å². The molecule has 0 aliphatic carbocycles. The van der Waals surface area contributed by atoms with Crippen molar-refractivity contribution < 1.29 is 4.79 Å². The van der Waals surface area contributed by atoms with Gasteiger partial charge in [-0.1, -0.05) is 11.6 Å². The van der Waals surface area contributed by atoms with Gasteiger partial charge in [0.1, 0.15) is 6.04 Å². The second-order valence-corrected chi connectivity index (χ2v) is 4.40. The van der Waals surface area contributed by atoms with Gasteiger partial charge >= 0.3 is 0 Å². The van der Waals surface area contributed by atoms with Crippen molar-refractivity contribution in [3.05, 3.63) is 22.7 Å². The predicted octanol–water partition coefficient (Wildman–Crippen LogP) is 1.36. The molecule has 1 atom stereocenters. The number of anilines is 2. The van der Waals surface area contributed by atoms with E-state index in [9.17, 15) is 4.79 Å². The molecule has 2 rings (SSSR count). The maximum absolute atomic E-state index is 11.8. The predicted molar refractivity (Wildman–Crippen MR) is 66.1 cm³/mol. The van der Waals surface area contributed by atoms with Gasteiger partial charge in [-0.25, -0.2) is 0 Å². The van der Waals surface area contributed by atoms with Crippen molar-refractivity contribution in [2.75, 3.05) is 23.8 Å². The number of hydrogen-bond acceptors (Lipinski definition) is 3. The van der Waals surface area contributed by atoms with E-state index in [1.54, 1.807) is 0 Å². The summed E-state index contributed by atoms with van der Waals surface area (Å²) in [4.78, 5) is 13.6. The molecule has 1 aliphatic heterocycles. The van der Waals surface area contributed by atoms with E-state index in [-0.39, 0.29) is 18.5 Å². The van der Waals surface area contributed by atoms with Gasteiger partial charge in [-0.15, -0.1) is 0 Å². The molecule has 0 saturated heterocycles. The second kappa shape index (κ2) is 3.96. The molecule has 1 unspecified atom stereocenters. The number of likely N-dealkylation sites (N-methyl/N-ethyl adjacent to an activating group) is 1. The van der Waals surface area contributed by atoms with Crippen LogP contribution >= 0.6 is 11.6 Å². The van der Waals surface area contributed by atoms with Crippen LogP contribution in [-0.2, 0) is 4.79 Å². The van der Waals surface area contributed by atoms with Crippen molar-refractivity contribution in [1.82, 2.24) is 0 Å². The first-order chi connectivity index (χ1) is 7.54. The summed E-state index contributed by atoms with van der Waals surface area (Å²) >= 11 is 6.00. The number of carbonyl (C=O) groups is 1. The Morgan fingerprint density at radius 1 is 1.56 bits per heavy atom. The lowest BCUT2D eigenvalue weighted by atomic mass is 10.1. The number of rotatable bonds is 1. The number of hydrogen-bond donors (Lipinski definition) is 2. The van der Waals surface area contributed by atoms with Gasteiger partial charge in [-0.2, -0.15) is 0 Å². The fourth-order valence-electron chi connectivity index (χ4n) is 1.98. The van der Waals surface area contributed by atoms with Gasteiger partial charge in [0.05, 0.1) is 11.4 Å². The molecule has 0 fully saturated rings. The molecular formula is C11H14ClN3O. The van der Waals surface area contributed by atoms with Crippen LogP contribution in [0.1, 0.15) is 5.56 Å². The Morgan fingerprint density at radius 3 is 2.88 bits per heavy atom. The highest BCUT2D eigenvalue weighted by molar-refractivity contribution is 6.31. The number of carbonyl (C=O) groups excluding carboxylic acids is 1. The minimum absolute atomic E-state index is 0.0667. The van der Waals surface area contributed by atoms with Crippen molar-refractivity contribution in [3.8, 4) is 0 Å². The van der Waals surface area contributed by atoms with Crippen LogP contribution in [0, 0.1) is 6.92 Å². The van der Waals surface area contributed by atoms with Gasteiger partial charge in [0.2, 0.25) is 5.91 Å². The zero-order valence-corrected chi connectivity index (χ0v) is 10.0. The Balaban J connectivity index is 2.55. The zero-order valence-electron chi connectivity index (χ0n) is 9.25. The number of halogens is 1. The Labute approximate surface area is 99.4 Å². The third-order valence-corrected chi connectivity index (χ3v) is 3.12. The minimum atomic E-state index is -0.328. The fraction of sp³-hybridized carbons (Fsp3) is 0.364. The topological polar surface area (TPSA) is 58.4 Å². The first-order valence-electron chi connectivity index (χ1n) is 5.08. The Kier molecular flexibility index (Phi) is 2.78. The zero-order chi connectivity index (χ0) is 11.9. The van der Waals surface area contributed by atoms with Gasteiger partial charge in [0.25, 0.3) is 0 Å². The number of nitrogens with zero attached hydrogens (tertiary/aromatic N) is 1. The number of amides is 1. The molecule has 0 aromatic heterocycles. The summed E-state index contributed by atoms with van der Waals surface area (Å²) in [7, 11) is 1.85. The van der Waals surface area contributed by atoms with Crippen molar-refractivity contribution in [2.24, 2.45) is 5.73 Å². The summed E-state index contributed by atoms with van der Waals surface area (Å²) in [6.45, 7) is 2.20. The SMILES string of the molecule is Cc1cc(Cl)cc2c1NC(=O)C(CN)N2C. The van der Waals surface area contributed by atoms with Crippen LogP contribution < -0.4 is 16.0 Å². The molecule has 0 saturated carbocycles. The van der Waals surface area contributed by atoms with Crippen LogP contribution in [0.2, 0.25) is 5.02 Å². The molecule has 1 aromatic carbocycles. The molecule has 3 N–H and O–H groups in total. The van der Waals surface area contributed by atoms with Gasteiger partial charge < -0.3 is 16.0 Å². The average Bonchev–Trinajstić information content (AvgIpc) is 2.21.